The van der Waals surface area contributed by atoms with Crippen molar-refractivity contribution >= 4 is 71.5 Å². The first-order chi connectivity index (χ1) is 22.0. The van der Waals surface area contributed by atoms with Crippen molar-refractivity contribution in [2.75, 3.05) is 0 Å². The van der Waals surface area contributed by atoms with Gasteiger partial charge in [0.15, 0.2) is 0 Å². The molecule has 2 heterocycles. The van der Waals surface area contributed by atoms with E-state index in [0.29, 0.717) is 0 Å². The maximum absolute atomic E-state index is 5.07. The van der Waals surface area contributed by atoms with Crippen LogP contribution in [0, 0.1) is 6.92 Å². The third-order valence-corrected chi connectivity index (χ3v) is 9.50. The molecule has 216 valence electrons. The highest BCUT2D eigenvalue weighted by Crippen LogP contribution is 2.38. The molecule has 0 aliphatic rings. The Morgan fingerprint density at radius 1 is 0.733 bits per heavy atom. The van der Waals surface area contributed by atoms with E-state index in [0.717, 1.165) is 39.8 Å². The standard InChI is InChI=1S/C43H34N2/c1-5-30(36-25-22-33-21-20-31-11-10-12-32-23-26-37(36)42(33)41(31)32)19-17-27(2)28(3)18-24-35-29(4)34-13-6-8-15-39(34)45-40-16-9-7-14-38(40)44-43(35)45/h6-26H,3,5H2,1-2,4H3/b24-18-,27-17+,30-19+. The Labute approximate surface area is 263 Å². The van der Waals surface area contributed by atoms with Crippen molar-refractivity contribution in [1.82, 2.24) is 9.38 Å². The molecule has 45 heavy (non-hydrogen) atoms. The van der Waals surface area contributed by atoms with E-state index in [1.807, 2.05) is 0 Å². The van der Waals surface area contributed by atoms with Gasteiger partial charge < -0.3 is 0 Å². The van der Waals surface area contributed by atoms with Crippen molar-refractivity contribution in [2.24, 2.45) is 0 Å². The largest absolute Gasteiger partial charge is 0.292 e. The molecule has 8 aromatic rings. The first-order valence-electron chi connectivity index (χ1n) is 15.7. The predicted octanol–water partition coefficient (Wildman–Crippen LogP) is 11.9. The van der Waals surface area contributed by atoms with Crippen molar-refractivity contribution in [3.8, 4) is 0 Å². The Kier molecular flexibility index (Phi) is 6.39. The second-order valence-electron chi connectivity index (χ2n) is 12.0. The molecule has 0 saturated heterocycles. The van der Waals surface area contributed by atoms with Gasteiger partial charge in [-0.3, -0.25) is 4.40 Å². The summed E-state index contributed by atoms with van der Waals surface area (Å²) in [6.07, 6.45) is 9.77. The lowest BCUT2D eigenvalue weighted by Crippen LogP contribution is -1.96. The van der Waals surface area contributed by atoms with Crippen molar-refractivity contribution in [2.45, 2.75) is 27.2 Å². The van der Waals surface area contributed by atoms with Crippen LogP contribution in [0.2, 0.25) is 0 Å². The van der Waals surface area contributed by atoms with E-state index >= 15 is 0 Å². The molecule has 0 aliphatic heterocycles. The number of allylic oxidation sites excluding steroid dienone is 6. The van der Waals surface area contributed by atoms with E-state index in [-0.39, 0.29) is 0 Å². The number of hydrogen-bond acceptors (Lipinski definition) is 1. The summed E-state index contributed by atoms with van der Waals surface area (Å²) in [5, 5.41) is 9.16. The van der Waals surface area contributed by atoms with Gasteiger partial charge in [-0.1, -0.05) is 123 Å². The molecule has 2 aromatic heterocycles. The first-order valence-corrected chi connectivity index (χ1v) is 15.7. The topological polar surface area (TPSA) is 17.3 Å². The number of pyridine rings is 1. The van der Waals surface area contributed by atoms with E-state index in [2.05, 4.69) is 159 Å². The summed E-state index contributed by atoms with van der Waals surface area (Å²) in [6, 6.07) is 37.2. The number of imidazole rings is 1. The molecule has 0 aliphatic carbocycles. The van der Waals surface area contributed by atoms with Crippen LogP contribution in [0.1, 0.15) is 37.0 Å². The molecule has 0 atom stereocenters. The highest BCUT2D eigenvalue weighted by atomic mass is 15.0. The SMILES string of the molecule is C=C(/C=C\c1c(C)c2ccccc2n2c1nc1ccccc12)/C(C)=C/C=C(\CC)c1ccc2ccc3cccc4ccc1c2c34. The molecule has 0 radical (unpaired) electrons. The third kappa shape index (κ3) is 4.29. The van der Waals surface area contributed by atoms with Crippen LogP contribution in [0.25, 0.3) is 71.5 Å². The zero-order valence-electron chi connectivity index (χ0n) is 25.9. The average molecular weight is 579 g/mol. The van der Waals surface area contributed by atoms with Crippen LogP contribution < -0.4 is 0 Å². The fourth-order valence-corrected chi connectivity index (χ4v) is 7.01. The van der Waals surface area contributed by atoms with Gasteiger partial charge in [0.2, 0.25) is 0 Å². The number of fused-ring (bicyclic) bond motifs is 5. The summed E-state index contributed by atoms with van der Waals surface area (Å²) in [4.78, 5) is 5.07. The van der Waals surface area contributed by atoms with E-state index in [4.69, 9.17) is 4.98 Å². The second kappa shape index (κ2) is 10.6. The minimum absolute atomic E-state index is 0.942. The Morgan fingerprint density at radius 3 is 2.22 bits per heavy atom. The summed E-state index contributed by atoms with van der Waals surface area (Å²) in [5.41, 5.74) is 11.4. The fourth-order valence-electron chi connectivity index (χ4n) is 7.01. The lowest BCUT2D eigenvalue weighted by Gasteiger charge is -2.15. The number of rotatable bonds is 6. The molecular weight excluding hydrogens is 544 g/mol. The number of benzene rings is 6. The number of aryl methyl sites for hydroxylation is 1. The van der Waals surface area contributed by atoms with E-state index < -0.39 is 0 Å². The molecule has 0 amide bonds. The van der Waals surface area contributed by atoms with E-state index in [9.17, 15) is 0 Å². The lowest BCUT2D eigenvalue weighted by atomic mass is 9.89. The molecule has 0 bridgehead atoms. The summed E-state index contributed by atoms with van der Waals surface area (Å²) in [7, 11) is 0. The maximum Gasteiger partial charge on any atom is 0.146 e. The monoisotopic (exact) mass is 578 g/mol. The molecule has 6 aromatic carbocycles. The minimum atomic E-state index is 0.942. The van der Waals surface area contributed by atoms with Gasteiger partial charge in [0, 0.05) is 10.9 Å². The average Bonchev–Trinajstić information content (AvgIpc) is 3.47. The van der Waals surface area contributed by atoms with Gasteiger partial charge in [0.05, 0.1) is 16.6 Å². The molecular formula is C43H34N2. The van der Waals surface area contributed by atoms with Gasteiger partial charge in [-0.2, -0.15) is 0 Å². The summed E-state index contributed by atoms with van der Waals surface area (Å²) < 4.78 is 2.29. The van der Waals surface area contributed by atoms with Gasteiger partial charge in [0.25, 0.3) is 0 Å². The molecule has 2 heteroatoms. The van der Waals surface area contributed by atoms with E-state index in [1.165, 1.54) is 59.9 Å². The smallest absolute Gasteiger partial charge is 0.146 e. The molecule has 0 N–H and O–H groups in total. The number of para-hydroxylation sites is 3. The third-order valence-electron chi connectivity index (χ3n) is 9.50. The van der Waals surface area contributed by atoms with Crippen LogP contribution in [0.3, 0.4) is 0 Å². The van der Waals surface area contributed by atoms with Gasteiger partial charge >= 0.3 is 0 Å². The van der Waals surface area contributed by atoms with Crippen LogP contribution >= 0.6 is 0 Å². The van der Waals surface area contributed by atoms with Gasteiger partial charge in [-0.15, -0.1) is 0 Å². The van der Waals surface area contributed by atoms with Gasteiger partial charge in [0.1, 0.15) is 5.65 Å². The van der Waals surface area contributed by atoms with E-state index in [1.54, 1.807) is 0 Å². The second-order valence-corrected chi connectivity index (χ2v) is 12.0. The lowest BCUT2D eigenvalue weighted by molar-refractivity contribution is 1.24. The quantitative estimate of drug-likeness (QED) is 0.142. The minimum Gasteiger partial charge on any atom is -0.292 e. The highest BCUT2D eigenvalue weighted by molar-refractivity contribution is 6.24. The number of nitrogens with zero attached hydrogens (tertiary/aromatic N) is 2. The summed E-state index contributed by atoms with van der Waals surface area (Å²) in [6.45, 7) is 11.0. The maximum atomic E-state index is 5.07. The van der Waals surface area contributed by atoms with Crippen molar-refractivity contribution < 1.29 is 0 Å². The first kappa shape index (κ1) is 27.1. The van der Waals surface area contributed by atoms with Crippen LogP contribution in [0.4, 0.5) is 0 Å². The molecule has 2 nitrogen and oxygen atoms in total. The molecule has 0 unspecified atom stereocenters. The zero-order valence-corrected chi connectivity index (χ0v) is 25.9. The van der Waals surface area contributed by atoms with Gasteiger partial charge in [-0.05, 0) is 98.6 Å². The zero-order chi connectivity index (χ0) is 30.7. The molecule has 0 spiro atoms. The molecule has 0 saturated carbocycles. The van der Waals surface area contributed by atoms with Gasteiger partial charge in [-0.25, -0.2) is 4.98 Å². The molecule has 8 rings (SSSR count). The van der Waals surface area contributed by atoms with Crippen molar-refractivity contribution in [1.29, 1.82) is 0 Å². The summed E-state index contributed by atoms with van der Waals surface area (Å²) in [5.74, 6) is 0. The molecule has 0 fully saturated rings. The predicted molar refractivity (Wildman–Crippen MR) is 195 cm³/mol. The number of hydrogen-bond donors (Lipinski definition) is 0. The van der Waals surface area contributed by atoms with Crippen LogP contribution in [-0.2, 0) is 0 Å². The van der Waals surface area contributed by atoms with Crippen LogP contribution in [0.15, 0.2) is 139 Å². The van der Waals surface area contributed by atoms with Crippen molar-refractivity contribution in [3.05, 3.63) is 156 Å². The summed E-state index contributed by atoms with van der Waals surface area (Å²) >= 11 is 0. The fraction of sp³-hybridized carbons (Fsp3) is 0.0930. The Bertz CT molecular complexity index is 2540. The number of aromatic nitrogens is 2. The normalized spacial score (nSPS) is 13.1. The Morgan fingerprint density at radius 2 is 1.42 bits per heavy atom. The van der Waals surface area contributed by atoms with Crippen LogP contribution in [-0.4, -0.2) is 9.38 Å². The van der Waals surface area contributed by atoms with Crippen LogP contribution in [0.5, 0.6) is 0 Å². The highest BCUT2D eigenvalue weighted by Gasteiger charge is 2.15. The Balaban J connectivity index is 1.18. The van der Waals surface area contributed by atoms with Crippen molar-refractivity contribution in [3.63, 3.8) is 0 Å². The Hall–Kier alpha value is -5.47.